The number of nitrogens with two attached hydrogens (primary N) is 1. The van der Waals surface area contributed by atoms with Crippen LogP contribution in [0.5, 0.6) is 0 Å². The van der Waals surface area contributed by atoms with E-state index in [1.54, 1.807) is 0 Å². The van der Waals surface area contributed by atoms with Gasteiger partial charge >= 0.3 is 6.18 Å². The van der Waals surface area contributed by atoms with E-state index in [0.29, 0.717) is 26.1 Å². The summed E-state index contributed by atoms with van der Waals surface area (Å²) in [6, 6.07) is 1.63. The molecule has 1 aromatic carbocycles. The van der Waals surface area contributed by atoms with Crippen molar-refractivity contribution < 1.29 is 22.3 Å². The molecular formula is C13H16ClF4NO. The summed E-state index contributed by atoms with van der Waals surface area (Å²) < 4.78 is 57.1. The number of hydrogen-bond donors (Lipinski definition) is 1. The van der Waals surface area contributed by atoms with Gasteiger partial charge < -0.3 is 10.5 Å². The van der Waals surface area contributed by atoms with E-state index in [0.717, 1.165) is 18.2 Å². The van der Waals surface area contributed by atoms with Crippen molar-refractivity contribution in [1.29, 1.82) is 0 Å². The van der Waals surface area contributed by atoms with Crippen LogP contribution >= 0.6 is 12.4 Å². The summed E-state index contributed by atoms with van der Waals surface area (Å²) in [6.07, 6.45) is -3.34. The first-order valence-electron chi connectivity index (χ1n) is 6.09. The van der Waals surface area contributed by atoms with E-state index in [9.17, 15) is 17.6 Å². The molecule has 1 heterocycles. The Bertz CT molecular complexity index is 446. The Morgan fingerprint density at radius 2 is 1.80 bits per heavy atom. The van der Waals surface area contributed by atoms with Crippen molar-refractivity contribution in [2.45, 2.75) is 25.1 Å². The molecule has 1 saturated heterocycles. The van der Waals surface area contributed by atoms with Gasteiger partial charge in [0.25, 0.3) is 0 Å². The molecule has 0 unspecified atom stereocenters. The molecule has 1 aliphatic heterocycles. The molecule has 0 aliphatic carbocycles. The van der Waals surface area contributed by atoms with E-state index < -0.39 is 23.6 Å². The Balaban J connectivity index is 0.00000200. The molecular weight excluding hydrogens is 298 g/mol. The van der Waals surface area contributed by atoms with Gasteiger partial charge in [0.2, 0.25) is 0 Å². The second-order valence-electron chi connectivity index (χ2n) is 4.70. The predicted molar refractivity (Wildman–Crippen MR) is 69.1 cm³/mol. The fourth-order valence-corrected chi connectivity index (χ4v) is 2.40. The van der Waals surface area contributed by atoms with Gasteiger partial charge in [-0.1, -0.05) is 0 Å². The maximum Gasteiger partial charge on any atom is 0.416 e. The average Bonchev–Trinajstić information content (AvgIpc) is 2.37. The van der Waals surface area contributed by atoms with Crippen LogP contribution < -0.4 is 5.73 Å². The summed E-state index contributed by atoms with van der Waals surface area (Å²) in [5, 5.41) is 0. The quantitative estimate of drug-likeness (QED) is 0.845. The van der Waals surface area contributed by atoms with Crippen LogP contribution in [0.1, 0.15) is 30.0 Å². The maximum atomic E-state index is 13.2. The number of rotatable bonds is 2. The Hall–Kier alpha value is -0.850. The lowest BCUT2D eigenvalue weighted by Gasteiger charge is -2.29. The Morgan fingerprint density at radius 3 is 2.35 bits per heavy atom. The average molecular weight is 314 g/mol. The van der Waals surface area contributed by atoms with Crippen molar-refractivity contribution in [2.24, 2.45) is 11.7 Å². The minimum atomic E-state index is -4.52. The first-order chi connectivity index (χ1) is 8.89. The maximum absolute atomic E-state index is 13.2. The first kappa shape index (κ1) is 17.2. The summed E-state index contributed by atoms with van der Waals surface area (Å²) in [7, 11) is 0. The zero-order valence-corrected chi connectivity index (χ0v) is 11.4. The van der Waals surface area contributed by atoms with Crippen LogP contribution in [0.4, 0.5) is 17.6 Å². The lowest BCUT2D eigenvalue weighted by atomic mass is 9.85. The van der Waals surface area contributed by atoms with Crippen molar-refractivity contribution in [2.75, 3.05) is 13.2 Å². The second-order valence-corrected chi connectivity index (χ2v) is 4.70. The van der Waals surface area contributed by atoms with E-state index in [2.05, 4.69) is 0 Å². The number of halogens is 5. The van der Waals surface area contributed by atoms with Crippen molar-refractivity contribution in [1.82, 2.24) is 0 Å². The second kappa shape index (κ2) is 6.74. The Labute approximate surface area is 120 Å². The van der Waals surface area contributed by atoms with Gasteiger partial charge in [0.15, 0.2) is 0 Å². The monoisotopic (exact) mass is 313 g/mol. The Kier molecular flexibility index (Phi) is 5.79. The number of ether oxygens (including phenoxy) is 1. The summed E-state index contributed by atoms with van der Waals surface area (Å²) in [4.78, 5) is 0. The molecule has 0 amide bonds. The highest BCUT2D eigenvalue weighted by Crippen LogP contribution is 2.38. The standard InChI is InChI=1S/C13H15F4NO.ClH/c14-9-1-2-11(13(15,16)17)10(7-9)12(18)8-3-5-19-6-4-8;/h1-2,7-8,12H,3-6,18H2;1H/t12-;/m0./s1. The lowest BCUT2D eigenvalue weighted by molar-refractivity contribution is -0.138. The molecule has 0 saturated carbocycles. The molecule has 1 atom stereocenters. The van der Waals surface area contributed by atoms with Gasteiger partial charge in [-0.15, -0.1) is 12.4 Å². The molecule has 0 aromatic heterocycles. The topological polar surface area (TPSA) is 35.2 Å². The van der Waals surface area contributed by atoms with Crippen LogP contribution in [0, 0.1) is 11.7 Å². The third kappa shape index (κ3) is 3.84. The van der Waals surface area contributed by atoms with Crippen LogP contribution in [0.25, 0.3) is 0 Å². The van der Waals surface area contributed by atoms with Crippen LogP contribution in [0.15, 0.2) is 18.2 Å². The highest BCUT2D eigenvalue weighted by molar-refractivity contribution is 5.85. The molecule has 2 nitrogen and oxygen atoms in total. The van der Waals surface area contributed by atoms with Crippen molar-refractivity contribution in [3.05, 3.63) is 35.1 Å². The largest absolute Gasteiger partial charge is 0.416 e. The number of benzene rings is 1. The molecule has 1 aromatic rings. The highest BCUT2D eigenvalue weighted by Gasteiger charge is 2.36. The molecule has 0 radical (unpaired) electrons. The zero-order valence-electron chi connectivity index (χ0n) is 10.6. The van der Waals surface area contributed by atoms with E-state index in [4.69, 9.17) is 10.5 Å². The molecule has 114 valence electrons. The zero-order chi connectivity index (χ0) is 14.0. The van der Waals surface area contributed by atoms with Crippen molar-refractivity contribution in [3.8, 4) is 0 Å². The fraction of sp³-hybridized carbons (Fsp3) is 0.538. The van der Waals surface area contributed by atoms with E-state index in [1.807, 2.05) is 0 Å². The molecule has 1 fully saturated rings. The van der Waals surface area contributed by atoms with Crippen LogP contribution in [0.3, 0.4) is 0 Å². The minimum absolute atomic E-state index is 0. The van der Waals surface area contributed by atoms with Crippen LogP contribution in [0.2, 0.25) is 0 Å². The van der Waals surface area contributed by atoms with Crippen LogP contribution in [-0.4, -0.2) is 13.2 Å². The molecule has 7 heteroatoms. The van der Waals surface area contributed by atoms with E-state index >= 15 is 0 Å². The summed E-state index contributed by atoms with van der Waals surface area (Å²) >= 11 is 0. The highest BCUT2D eigenvalue weighted by atomic mass is 35.5. The third-order valence-electron chi connectivity index (χ3n) is 3.45. The number of alkyl halides is 3. The van der Waals surface area contributed by atoms with Gasteiger partial charge in [0, 0.05) is 19.3 Å². The number of hydrogen-bond acceptors (Lipinski definition) is 2. The van der Waals surface area contributed by atoms with Gasteiger partial charge in [-0.2, -0.15) is 13.2 Å². The third-order valence-corrected chi connectivity index (χ3v) is 3.45. The molecule has 0 bridgehead atoms. The SMILES string of the molecule is Cl.N[C@H](c1cc(F)ccc1C(F)(F)F)C1CCOCC1. The summed E-state index contributed by atoms with van der Waals surface area (Å²) in [6.45, 7) is 0.962. The summed E-state index contributed by atoms with van der Waals surface area (Å²) in [5.74, 6) is -0.817. The fourth-order valence-electron chi connectivity index (χ4n) is 2.40. The van der Waals surface area contributed by atoms with Crippen molar-refractivity contribution >= 4 is 12.4 Å². The van der Waals surface area contributed by atoms with Gasteiger partial charge in [-0.25, -0.2) is 4.39 Å². The summed E-state index contributed by atoms with van der Waals surface area (Å²) in [5.41, 5.74) is 4.89. The molecule has 1 aliphatic rings. The Morgan fingerprint density at radius 1 is 1.20 bits per heavy atom. The molecule has 2 N–H and O–H groups in total. The van der Waals surface area contributed by atoms with Crippen LogP contribution in [-0.2, 0) is 10.9 Å². The smallest absolute Gasteiger partial charge is 0.381 e. The van der Waals surface area contributed by atoms with Gasteiger partial charge in [0.1, 0.15) is 5.82 Å². The van der Waals surface area contributed by atoms with Gasteiger partial charge in [-0.3, -0.25) is 0 Å². The molecule has 20 heavy (non-hydrogen) atoms. The van der Waals surface area contributed by atoms with E-state index in [-0.39, 0.29) is 23.9 Å². The predicted octanol–water partition coefficient (Wildman–Crippen LogP) is 3.69. The molecule has 0 spiro atoms. The lowest BCUT2D eigenvalue weighted by Crippen LogP contribution is -2.29. The molecule has 2 rings (SSSR count). The van der Waals surface area contributed by atoms with E-state index in [1.165, 1.54) is 0 Å². The van der Waals surface area contributed by atoms with Gasteiger partial charge in [0.05, 0.1) is 5.56 Å². The normalized spacial score (nSPS) is 18.4. The first-order valence-corrected chi connectivity index (χ1v) is 6.09. The minimum Gasteiger partial charge on any atom is -0.381 e. The van der Waals surface area contributed by atoms with Crippen molar-refractivity contribution in [3.63, 3.8) is 0 Å². The van der Waals surface area contributed by atoms with Gasteiger partial charge in [-0.05, 0) is 42.5 Å².